The van der Waals surface area contributed by atoms with Crippen molar-refractivity contribution in [3.63, 3.8) is 0 Å². The molecule has 1 aliphatic heterocycles. The van der Waals surface area contributed by atoms with Crippen molar-refractivity contribution >= 4 is 17.3 Å². The minimum absolute atomic E-state index is 0.140. The summed E-state index contributed by atoms with van der Waals surface area (Å²) < 4.78 is 26.4. The molecule has 1 saturated heterocycles. The van der Waals surface area contributed by atoms with E-state index in [2.05, 4.69) is 10.6 Å². The van der Waals surface area contributed by atoms with Gasteiger partial charge in [0.2, 0.25) is 5.91 Å². The van der Waals surface area contributed by atoms with Crippen molar-refractivity contribution in [2.24, 2.45) is 5.92 Å². The smallest absolute Gasteiger partial charge is 0.298 e. The highest BCUT2D eigenvalue weighted by Gasteiger charge is 2.25. The Balaban J connectivity index is 2.18. The van der Waals surface area contributed by atoms with Crippen molar-refractivity contribution in [1.29, 1.82) is 0 Å². The molecule has 0 bridgehead atoms. The SMILES string of the molecule is O=C(CC1CNC1)Nc1c(F)cc(F)cc1[N+](=O)[O-]. The maximum Gasteiger partial charge on any atom is 0.298 e. The van der Waals surface area contributed by atoms with E-state index in [1.807, 2.05) is 0 Å². The van der Waals surface area contributed by atoms with Crippen molar-refractivity contribution in [1.82, 2.24) is 5.32 Å². The van der Waals surface area contributed by atoms with Crippen molar-refractivity contribution < 1.29 is 18.5 Å². The van der Waals surface area contributed by atoms with Gasteiger partial charge in [-0.15, -0.1) is 0 Å². The Hall–Kier alpha value is -2.09. The number of anilines is 1. The number of nitrogens with zero attached hydrogens (tertiary/aromatic N) is 1. The molecule has 0 aliphatic carbocycles. The van der Waals surface area contributed by atoms with E-state index >= 15 is 0 Å². The van der Waals surface area contributed by atoms with Gasteiger partial charge in [0.25, 0.3) is 5.69 Å². The van der Waals surface area contributed by atoms with E-state index in [0.717, 1.165) is 0 Å². The van der Waals surface area contributed by atoms with E-state index < -0.39 is 33.8 Å². The van der Waals surface area contributed by atoms with Crippen molar-refractivity contribution in [3.8, 4) is 0 Å². The van der Waals surface area contributed by atoms with Crippen LogP contribution >= 0.6 is 0 Å². The molecule has 1 amide bonds. The lowest BCUT2D eigenvalue weighted by Crippen LogP contribution is -2.43. The largest absolute Gasteiger partial charge is 0.318 e. The van der Waals surface area contributed by atoms with Crippen LogP contribution < -0.4 is 10.6 Å². The molecule has 1 aromatic carbocycles. The first kappa shape index (κ1) is 13.3. The fourth-order valence-electron chi connectivity index (χ4n) is 1.77. The van der Waals surface area contributed by atoms with Crippen LogP contribution in [0.5, 0.6) is 0 Å². The molecule has 0 aromatic heterocycles. The summed E-state index contributed by atoms with van der Waals surface area (Å²) in [6.07, 6.45) is 0.140. The van der Waals surface area contributed by atoms with Gasteiger partial charge in [-0.1, -0.05) is 0 Å². The van der Waals surface area contributed by atoms with Crippen molar-refractivity contribution in [3.05, 3.63) is 33.9 Å². The van der Waals surface area contributed by atoms with Gasteiger partial charge in [-0.2, -0.15) is 0 Å². The second-order valence-electron chi connectivity index (χ2n) is 4.32. The number of rotatable bonds is 4. The van der Waals surface area contributed by atoms with Crippen LogP contribution in [-0.2, 0) is 4.79 Å². The molecular formula is C11H11F2N3O3. The summed E-state index contributed by atoms with van der Waals surface area (Å²) in [5.74, 6) is -2.61. The van der Waals surface area contributed by atoms with Gasteiger partial charge in [-0.05, 0) is 19.0 Å². The second kappa shape index (κ2) is 5.27. The number of benzene rings is 1. The summed E-state index contributed by atoms with van der Waals surface area (Å²) in [5, 5.41) is 15.8. The molecule has 1 aliphatic rings. The Morgan fingerprint density at radius 2 is 2.16 bits per heavy atom. The van der Waals surface area contributed by atoms with Gasteiger partial charge in [-0.25, -0.2) is 8.78 Å². The van der Waals surface area contributed by atoms with Crippen LogP contribution in [0.4, 0.5) is 20.2 Å². The molecule has 6 nitrogen and oxygen atoms in total. The zero-order valence-electron chi connectivity index (χ0n) is 9.78. The number of amides is 1. The lowest BCUT2D eigenvalue weighted by Gasteiger charge is -2.26. The zero-order valence-corrected chi connectivity index (χ0v) is 9.78. The molecule has 0 saturated carbocycles. The van der Waals surface area contributed by atoms with E-state index in [1.54, 1.807) is 0 Å². The maximum absolute atomic E-state index is 13.5. The van der Waals surface area contributed by atoms with Crippen LogP contribution in [0.1, 0.15) is 6.42 Å². The summed E-state index contributed by atoms with van der Waals surface area (Å²) in [6, 6.07) is 1.07. The van der Waals surface area contributed by atoms with Crippen molar-refractivity contribution in [2.45, 2.75) is 6.42 Å². The third-order valence-electron chi connectivity index (χ3n) is 2.84. The number of nitro groups is 1. The van der Waals surface area contributed by atoms with Crippen LogP contribution in [-0.4, -0.2) is 23.9 Å². The quantitative estimate of drug-likeness (QED) is 0.640. The van der Waals surface area contributed by atoms with Gasteiger partial charge in [0.05, 0.1) is 11.0 Å². The Morgan fingerprint density at radius 3 is 2.68 bits per heavy atom. The minimum atomic E-state index is -1.16. The van der Waals surface area contributed by atoms with Gasteiger partial charge in [0.1, 0.15) is 5.82 Å². The monoisotopic (exact) mass is 271 g/mol. The molecule has 1 heterocycles. The normalized spacial score (nSPS) is 14.8. The third-order valence-corrected chi connectivity index (χ3v) is 2.84. The Kier molecular flexibility index (Phi) is 3.70. The lowest BCUT2D eigenvalue weighted by molar-refractivity contribution is -0.384. The number of carbonyl (C=O) groups is 1. The molecule has 1 aromatic rings. The van der Waals surface area contributed by atoms with Crippen LogP contribution in [0.3, 0.4) is 0 Å². The summed E-state index contributed by atoms with van der Waals surface area (Å²) in [7, 11) is 0. The average molecular weight is 271 g/mol. The number of nitro benzene ring substituents is 1. The number of hydrogen-bond acceptors (Lipinski definition) is 4. The Labute approximate surface area is 106 Å². The molecular weight excluding hydrogens is 260 g/mol. The average Bonchev–Trinajstić information content (AvgIpc) is 2.26. The van der Waals surface area contributed by atoms with Gasteiger partial charge < -0.3 is 10.6 Å². The first-order valence-electron chi connectivity index (χ1n) is 5.61. The summed E-state index contributed by atoms with van der Waals surface area (Å²) in [5.41, 5.74) is -1.39. The highest BCUT2D eigenvalue weighted by molar-refractivity contribution is 5.93. The van der Waals surface area contributed by atoms with Crippen LogP contribution in [0.25, 0.3) is 0 Å². The number of nitrogens with one attached hydrogen (secondary N) is 2. The van der Waals surface area contributed by atoms with E-state index in [9.17, 15) is 23.7 Å². The van der Waals surface area contributed by atoms with Gasteiger partial charge >= 0.3 is 0 Å². The molecule has 0 unspecified atom stereocenters. The van der Waals surface area contributed by atoms with E-state index in [0.29, 0.717) is 25.2 Å². The predicted octanol–water partition coefficient (Wildman–Crippen LogP) is 1.42. The number of carbonyl (C=O) groups excluding carboxylic acids is 1. The second-order valence-corrected chi connectivity index (χ2v) is 4.32. The standard InChI is InChI=1S/C11H11F2N3O3/c12-7-2-8(13)11(9(3-7)16(18)19)15-10(17)1-6-4-14-5-6/h2-3,6,14H,1,4-5H2,(H,15,17). The van der Waals surface area contributed by atoms with Crippen molar-refractivity contribution in [2.75, 3.05) is 18.4 Å². The molecule has 19 heavy (non-hydrogen) atoms. The molecule has 2 N–H and O–H groups in total. The van der Waals surface area contributed by atoms with Gasteiger partial charge in [0.15, 0.2) is 11.5 Å². The number of hydrogen-bond donors (Lipinski definition) is 2. The molecule has 0 atom stereocenters. The van der Waals surface area contributed by atoms with E-state index in [1.165, 1.54) is 0 Å². The minimum Gasteiger partial charge on any atom is -0.318 e. The fourth-order valence-corrected chi connectivity index (χ4v) is 1.77. The van der Waals surface area contributed by atoms with Crippen LogP contribution in [0, 0.1) is 27.7 Å². The predicted molar refractivity (Wildman–Crippen MR) is 62.6 cm³/mol. The van der Waals surface area contributed by atoms with Gasteiger partial charge in [-0.3, -0.25) is 14.9 Å². The van der Waals surface area contributed by atoms with Gasteiger partial charge in [0, 0.05) is 12.5 Å². The lowest BCUT2D eigenvalue weighted by atomic mass is 9.99. The molecule has 0 spiro atoms. The van der Waals surface area contributed by atoms with E-state index in [4.69, 9.17) is 0 Å². The van der Waals surface area contributed by atoms with E-state index in [-0.39, 0.29) is 12.3 Å². The first-order chi connectivity index (χ1) is 8.97. The molecule has 1 fully saturated rings. The Morgan fingerprint density at radius 1 is 1.47 bits per heavy atom. The molecule has 0 radical (unpaired) electrons. The topological polar surface area (TPSA) is 84.3 Å². The summed E-state index contributed by atoms with van der Waals surface area (Å²) in [4.78, 5) is 21.4. The number of halogens is 2. The molecule has 8 heteroatoms. The summed E-state index contributed by atoms with van der Waals surface area (Å²) in [6.45, 7) is 1.36. The van der Waals surface area contributed by atoms with Crippen LogP contribution in [0.2, 0.25) is 0 Å². The molecule has 2 rings (SSSR count). The Bertz CT molecular complexity index is 532. The summed E-state index contributed by atoms with van der Waals surface area (Å²) >= 11 is 0. The highest BCUT2D eigenvalue weighted by Crippen LogP contribution is 2.29. The molecule has 102 valence electrons. The fraction of sp³-hybridized carbons (Fsp3) is 0.364. The zero-order chi connectivity index (χ0) is 14.0. The van der Waals surface area contributed by atoms with Crippen LogP contribution in [0.15, 0.2) is 12.1 Å². The first-order valence-corrected chi connectivity index (χ1v) is 5.61. The third kappa shape index (κ3) is 3.02. The maximum atomic E-state index is 13.5. The highest BCUT2D eigenvalue weighted by atomic mass is 19.1.